The molecule has 5 heteroatoms. The second kappa shape index (κ2) is 4.02. The van der Waals surface area contributed by atoms with Crippen LogP contribution in [-0.2, 0) is 0 Å². The molecule has 0 spiro atoms. The van der Waals surface area contributed by atoms with Crippen LogP contribution in [-0.4, -0.2) is 21.6 Å². The third-order valence-electron chi connectivity index (χ3n) is 1.44. The van der Waals surface area contributed by atoms with Gasteiger partial charge in [-0.3, -0.25) is 0 Å². The first-order valence-electron chi connectivity index (χ1n) is 4.27. The SMILES string of the molecule is CCOc1nc(N)nc(C(C)C)n1. The van der Waals surface area contributed by atoms with Crippen LogP contribution in [0, 0.1) is 0 Å². The molecule has 0 radical (unpaired) electrons. The molecule has 1 rings (SSSR count). The first kappa shape index (κ1) is 9.70. The second-order valence-corrected chi connectivity index (χ2v) is 2.92. The first-order chi connectivity index (χ1) is 6.13. The van der Waals surface area contributed by atoms with Gasteiger partial charge in [-0.1, -0.05) is 13.8 Å². The Labute approximate surface area is 77.4 Å². The van der Waals surface area contributed by atoms with Crippen LogP contribution >= 0.6 is 0 Å². The highest BCUT2D eigenvalue weighted by Gasteiger charge is 2.07. The summed E-state index contributed by atoms with van der Waals surface area (Å²) < 4.78 is 5.14. The Morgan fingerprint density at radius 3 is 2.54 bits per heavy atom. The summed E-state index contributed by atoms with van der Waals surface area (Å²) in [6.07, 6.45) is 0. The Balaban J connectivity index is 2.96. The molecule has 2 N–H and O–H groups in total. The number of aromatic nitrogens is 3. The van der Waals surface area contributed by atoms with Crippen molar-refractivity contribution in [3.63, 3.8) is 0 Å². The molecule has 0 saturated carbocycles. The summed E-state index contributed by atoms with van der Waals surface area (Å²) in [5.74, 6) is 1.10. The fourth-order valence-electron chi connectivity index (χ4n) is 0.840. The number of hydrogen-bond donors (Lipinski definition) is 1. The van der Waals surface area contributed by atoms with E-state index in [1.165, 1.54) is 0 Å². The van der Waals surface area contributed by atoms with E-state index in [0.717, 1.165) is 0 Å². The monoisotopic (exact) mass is 182 g/mol. The molecule has 5 nitrogen and oxygen atoms in total. The lowest BCUT2D eigenvalue weighted by Gasteiger charge is -2.06. The fraction of sp³-hybridized carbons (Fsp3) is 0.625. The van der Waals surface area contributed by atoms with Crippen molar-refractivity contribution in [3.05, 3.63) is 5.82 Å². The van der Waals surface area contributed by atoms with Crippen LogP contribution < -0.4 is 10.5 Å². The number of ether oxygens (including phenoxy) is 1. The molecule has 1 aromatic heterocycles. The summed E-state index contributed by atoms with van der Waals surface area (Å²) in [7, 11) is 0. The summed E-state index contributed by atoms with van der Waals surface area (Å²) in [5.41, 5.74) is 5.49. The molecule has 0 amide bonds. The lowest BCUT2D eigenvalue weighted by atomic mass is 10.2. The van der Waals surface area contributed by atoms with Gasteiger partial charge in [-0.25, -0.2) is 0 Å². The number of hydrogen-bond acceptors (Lipinski definition) is 5. The highest BCUT2D eigenvalue weighted by atomic mass is 16.5. The van der Waals surface area contributed by atoms with Crippen LogP contribution in [0.4, 0.5) is 5.95 Å². The van der Waals surface area contributed by atoms with Crippen LogP contribution in [0.2, 0.25) is 0 Å². The van der Waals surface area contributed by atoms with Gasteiger partial charge in [0.15, 0.2) is 0 Å². The van der Waals surface area contributed by atoms with Gasteiger partial charge < -0.3 is 10.5 Å². The summed E-state index contributed by atoms with van der Waals surface area (Å²) in [5, 5.41) is 0. The third kappa shape index (κ3) is 2.54. The summed E-state index contributed by atoms with van der Waals surface area (Å²) >= 11 is 0. The zero-order valence-electron chi connectivity index (χ0n) is 8.11. The van der Waals surface area contributed by atoms with Crippen molar-refractivity contribution in [1.29, 1.82) is 0 Å². The Morgan fingerprint density at radius 1 is 1.31 bits per heavy atom. The van der Waals surface area contributed by atoms with Gasteiger partial charge in [-0.15, -0.1) is 0 Å². The molecule has 0 unspecified atom stereocenters. The van der Waals surface area contributed by atoms with Gasteiger partial charge in [-0.2, -0.15) is 15.0 Å². The predicted molar refractivity (Wildman–Crippen MR) is 49.5 cm³/mol. The lowest BCUT2D eigenvalue weighted by Crippen LogP contribution is -2.07. The Bertz CT molecular complexity index is 287. The molecule has 72 valence electrons. The van der Waals surface area contributed by atoms with Crippen LogP contribution in [0.25, 0.3) is 0 Å². The molecule has 0 aliphatic heterocycles. The van der Waals surface area contributed by atoms with Crippen molar-refractivity contribution in [2.24, 2.45) is 0 Å². The van der Waals surface area contributed by atoms with E-state index in [2.05, 4.69) is 15.0 Å². The number of nitrogen functional groups attached to an aromatic ring is 1. The lowest BCUT2D eigenvalue weighted by molar-refractivity contribution is 0.310. The minimum Gasteiger partial charge on any atom is -0.464 e. The van der Waals surface area contributed by atoms with Crippen LogP contribution in [0.15, 0.2) is 0 Å². The standard InChI is InChI=1S/C8H14N4O/c1-4-13-8-11-6(5(2)3)10-7(9)12-8/h5H,4H2,1-3H3,(H2,9,10,11,12). The van der Waals surface area contributed by atoms with E-state index in [4.69, 9.17) is 10.5 Å². The smallest absolute Gasteiger partial charge is 0.321 e. The summed E-state index contributed by atoms with van der Waals surface area (Å²) in [6.45, 7) is 6.38. The molecule has 0 aromatic carbocycles. The molecule has 0 aliphatic carbocycles. The zero-order valence-corrected chi connectivity index (χ0v) is 8.11. The molecular weight excluding hydrogens is 168 g/mol. The molecule has 1 heterocycles. The predicted octanol–water partition coefficient (Wildman–Crippen LogP) is 0.976. The number of anilines is 1. The molecule has 13 heavy (non-hydrogen) atoms. The van der Waals surface area contributed by atoms with Crippen molar-refractivity contribution in [3.8, 4) is 6.01 Å². The normalized spacial score (nSPS) is 10.5. The van der Waals surface area contributed by atoms with Gasteiger partial charge in [0.05, 0.1) is 6.61 Å². The number of nitrogens with two attached hydrogens (primary N) is 1. The maximum atomic E-state index is 5.49. The van der Waals surface area contributed by atoms with Crippen molar-refractivity contribution in [2.75, 3.05) is 12.3 Å². The molecule has 1 aromatic rings. The van der Waals surface area contributed by atoms with Gasteiger partial charge in [-0.05, 0) is 6.92 Å². The Hall–Kier alpha value is -1.39. The van der Waals surface area contributed by atoms with E-state index in [-0.39, 0.29) is 11.9 Å². The molecule has 0 fully saturated rings. The van der Waals surface area contributed by atoms with Crippen LogP contribution in [0.3, 0.4) is 0 Å². The van der Waals surface area contributed by atoms with Crippen LogP contribution in [0.1, 0.15) is 32.5 Å². The first-order valence-corrected chi connectivity index (χ1v) is 4.27. The Morgan fingerprint density at radius 2 is 2.00 bits per heavy atom. The van der Waals surface area contributed by atoms with E-state index < -0.39 is 0 Å². The average molecular weight is 182 g/mol. The molecule has 0 aliphatic rings. The average Bonchev–Trinajstić information content (AvgIpc) is 2.03. The van der Waals surface area contributed by atoms with Gasteiger partial charge in [0.25, 0.3) is 0 Å². The fourth-order valence-corrected chi connectivity index (χ4v) is 0.840. The van der Waals surface area contributed by atoms with Crippen LogP contribution in [0.5, 0.6) is 6.01 Å². The highest BCUT2D eigenvalue weighted by Crippen LogP contribution is 2.12. The maximum Gasteiger partial charge on any atom is 0.321 e. The van der Waals surface area contributed by atoms with Crippen molar-refractivity contribution in [2.45, 2.75) is 26.7 Å². The van der Waals surface area contributed by atoms with Crippen molar-refractivity contribution >= 4 is 5.95 Å². The maximum absolute atomic E-state index is 5.49. The summed E-state index contributed by atoms with van der Waals surface area (Å²) in [4.78, 5) is 11.9. The third-order valence-corrected chi connectivity index (χ3v) is 1.44. The largest absolute Gasteiger partial charge is 0.464 e. The second-order valence-electron chi connectivity index (χ2n) is 2.92. The van der Waals surface area contributed by atoms with E-state index in [1.54, 1.807) is 0 Å². The minimum absolute atomic E-state index is 0.210. The highest BCUT2D eigenvalue weighted by molar-refractivity contribution is 5.19. The number of nitrogens with zero attached hydrogens (tertiary/aromatic N) is 3. The van der Waals surface area contributed by atoms with E-state index >= 15 is 0 Å². The molecule has 0 bridgehead atoms. The topological polar surface area (TPSA) is 73.9 Å². The summed E-state index contributed by atoms with van der Waals surface area (Å²) in [6, 6.07) is 0.304. The van der Waals surface area contributed by atoms with E-state index in [9.17, 15) is 0 Å². The minimum atomic E-state index is 0.210. The molecule has 0 saturated heterocycles. The quantitative estimate of drug-likeness (QED) is 0.754. The molecule has 0 atom stereocenters. The molecular formula is C8H14N4O. The van der Waals surface area contributed by atoms with E-state index in [1.807, 2.05) is 20.8 Å². The van der Waals surface area contributed by atoms with Gasteiger partial charge in [0.2, 0.25) is 5.95 Å². The zero-order chi connectivity index (χ0) is 9.84. The Kier molecular flexibility index (Phi) is 3.00. The van der Waals surface area contributed by atoms with Gasteiger partial charge in [0.1, 0.15) is 5.82 Å². The van der Waals surface area contributed by atoms with E-state index in [0.29, 0.717) is 18.4 Å². The van der Waals surface area contributed by atoms with Gasteiger partial charge >= 0.3 is 6.01 Å². The van der Waals surface area contributed by atoms with Gasteiger partial charge in [0, 0.05) is 5.92 Å². The number of rotatable bonds is 3. The van der Waals surface area contributed by atoms with Crippen molar-refractivity contribution in [1.82, 2.24) is 15.0 Å². The van der Waals surface area contributed by atoms with Crippen molar-refractivity contribution < 1.29 is 4.74 Å².